The highest BCUT2D eigenvalue weighted by Crippen LogP contribution is 2.20. The molecule has 0 atom stereocenters. The molecule has 0 saturated carbocycles. The highest BCUT2D eigenvalue weighted by molar-refractivity contribution is 5.92. The third-order valence-corrected chi connectivity index (χ3v) is 2.35. The molecule has 0 aliphatic heterocycles. The Morgan fingerprint density at radius 1 is 1.47 bits per heavy atom. The molecule has 0 aliphatic carbocycles. The summed E-state index contributed by atoms with van der Waals surface area (Å²) in [5.41, 5.74) is 2.71. The predicted molar refractivity (Wildman–Crippen MR) is 68.4 cm³/mol. The van der Waals surface area contributed by atoms with E-state index in [4.69, 9.17) is 9.15 Å². The molecule has 0 saturated heterocycles. The van der Waals surface area contributed by atoms with E-state index in [1.807, 2.05) is 0 Å². The van der Waals surface area contributed by atoms with Gasteiger partial charge in [-0.1, -0.05) is 0 Å². The zero-order valence-corrected chi connectivity index (χ0v) is 10.2. The third-order valence-electron chi connectivity index (χ3n) is 2.35. The normalized spacial score (nSPS) is 10.6. The summed E-state index contributed by atoms with van der Waals surface area (Å²) in [6.07, 6.45) is 2.71. The Morgan fingerprint density at radius 2 is 2.32 bits per heavy atom. The van der Waals surface area contributed by atoms with Gasteiger partial charge >= 0.3 is 5.91 Å². The summed E-state index contributed by atoms with van der Waals surface area (Å²) in [4.78, 5) is 11.5. The molecule has 19 heavy (non-hydrogen) atoms. The average Bonchev–Trinajstić information content (AvgIpc) is 2.95. The SMILES string of the molecule is COc1ccc(O)c(/C=N/NC(=O)c2ccco2)c1. The van der Waals surface area contributed by atoms with Crippen LogP contribution in [-0.2, 0) is 0 Å². The van der Waals surface area contributed by atoms with E-state index < -0.39 is 5.91 Å². The van der Waals surface area contributed by atoms with Gasteiger partial charge in [-0.25, -0.2) is 5.43 Å². The van der Waals surface area contributed by atoms with Crippen LogP contribution in [-0.4, -0.2) is 24.3 Å². The van der Waals surface area contributed by atoms with Crippen molar-refractivity contribution in [2.24, 2.45) is 5.10 Å². The van der Waals surface area contributed by atoms with Crippen molar-refractivity contribution in [3.05, 3.63) is 47.9 Å². The van der Waals surface area contributed by atoms with E-state index in [0.717, 1.165) is 0 Å². The van der Waals surface area contributed by atoms with Crippen molar-refractivity contribution in [2.75, 3.05) is 7.11 Å². The molecule has 1 heterocycles. The van der Waals surface area contributed by atoms with Gasteiger partial charge in [-0.05, 0) is 30.3 Å². The Labute approximate surface area is 109 Å². The number of nitrogens with one attached hydrogen (secondary N) is 1. The zero-order valence-electron chi connectivity index (χ0n) is 10.2. The summed E-state index contributed by atoms with van der Waals surface area (Å²) in [6.45, 7) is 0. The number of methoxy groups -OCH3 is 1. The van der Waals surface area contributed by atoms with Crippen molar-refractivity contribution in [3.8, 4) is 11.5 Å². The molecule has 6 heteroatoms. The average molecular weight is 260 g/mol. The van der Waals surface area contributed by atoms with E-state index in [2.05, 4.69) is 10.5 Å². The van der Waals surface area contributed by atoms with E-state index in [1.54, 1.807) is 18.2 Å². The second-order valence-electron chi connectivity index (χ2n) is 3.60. The topological polar surface area (TPSA) is 84.1 Å². The van der Waals surface area contributed by atoms with Gasteiger partial charge < -0.3 is 14.3 Å². The lowest BCUT2D eigenvalue weighted by atomic mass is 10.2. The number of phenols is 1. The smallest absolute Gasteiger partial charge is 0.307 e. The number of carbonyl (C=O) groups is 1. The van der Waals surface area contributed by atoms with Crippen LogP contribution in [0.5, 0.6) is 11.5 Å². The molecule has 2 N–H and O–H groups in total. The molecule has 0 radical (unpaired) electrons. The summed E-state index contributed by atoms with van der Waals surface area (Å²) in [6, 6.07) is 7.82. The van der Waals surface area contributed by atoms with Crippen molar-refractivity contribution in [1.29, 1.82) is 0 Å². The van der Waals surface area contributed by atoms with Gasteiger partial charge in [0.2, 0.25) is 0 Å². The highest BCUT2D eigenvalue weighted by atomic mass is 16.5. The number of rotatable bonds is 4. The molecule has 0 fully saturated rings. The molecule has 2 aromatic rings. The van der Waals surface area contributed by atoms with Crippen LogP contribution < -0.4 is 10.2 Å². The van der Waals surface area contributed by atoms with Crippen LogP contribution in [0.25, 0.3) is 0 Å². The van der Waals surface area contributed by atoms with Crippen molar-refractivity contribution < 1.29 is 19.1 Å². The van der Waals surface area contributed by atoms with Crippen LogP contribution >= 0.6 is 0 Å². The van der Waals surface area contributed by atoms with Crippen LogP contribution in [0.1, 0.15) is 16.1 Å². The first-order chi connectivity index (χ1) is 9.20. The number of carbonyl (C=O) groups excluding carboxylic acids is 1. The van der Waals surface area contributed by atoms with Gasteiger partial charge in [0.15, 0.2) is 5.76 Å². The first-order valence-corrected chi connectivity index (χ1v) is 5.44. The number of hydrogen-bond donors (Lipinski definition) is 2. The number of nitrogens with zero attached hydrogens (tertiary/aromatic N) is 1. The van der Waals surface area contributed by atoms with Crippen molar-refractivity contribution in [1.82, 2.24) is 5.43 Å². The number of ether oxygens (including phenoxy) is 1. The van der Waals surface area contributed by atoms with Crippen molar-refractivity contribution in [2.45, 2.75) is 0 Å². The maximum atomic E-state index is 11.5. The first kappa shape index (κ1) is 12.7. The standard InChI is InChI=1S/C13H12N2O4/c1-18-10-4-5-11(16)9(7-10)8-14-15-13(17)12-3-2-6-19-12/h2-8,16H,1H3,(H,15,17)/b14-8+. The second-order valence-corrected chi connectivity index (χ2v) is 3.60. The van der Waals surface area contributed by atoms with Crippen LogP contribution in [0, 0.1) is 0 Å². The van der Waals surface area contributed by atoms with E-state index >= 15 is 0 Å². The monoisotopic (exact) mass is 260 g/mol. The summed E-state index contributed by atoms with van der Waals surface area (Å²) in [5, 5.41) is 13.3. The maximum absolute atomic E-state index is 11.5. The van der Waals surface area contributed by atoms with Gasteiger partial charge in [-0.15, -0.1) is 0 Å². The summed E-state index contributed by atoms with van der Waals surface area (Å²) < 4.78 is 9.92. The molecule has 98 valence electrons. The maximum Gasteiger partial charge on any atom is 0.307 e. The third kappa shape index (κ3) is 3.12. The largest absolute Gasteiger partial charge is 0.507 e. The lowest BCUT2D eigenvalue weighted by Crippen LogP contribution is -2.16. The fourth-order valence-electron chi connectivity index (χ4n) is 1.39. The number of hydrazone groups is 1. The van der Waals surface area contributed by atoms with Gasteiger partial charge in [0.05, 0.1) is 19.6 Å². The van der Waals surface area contributed by atoms with Gasteiger partial charge in [-0.2, -0.15) is 5.10 Å². The molecule has 6 nitrogen and oxygen atoms in total. The van der Waals surface area contributed by atoms with Gasteiger partial charge in [0.1, 0.15) is 11.5 Å². The van der Waals surface area contributed by atoms with Crippen LogP contribution in [0.3, 0.4) is 0 Å². The molecule has 0 aliphatic rings. The Bertz CT molecular complexity index is 591. The lowest BCUT2D eigenvalue weighted by Gasteiger charge is -2.02. The molecule has 1 aromatic carbocycles. The van der Waals surface area contributed by atoms with E-state index in [9.17, 15) is 9.90 Å². The number of furan rings is 1. The Hall–Kier alpha value is -2.76. The van der Waals surface area contributed by atoms with E-state index in [0.29, 0.717) is 11.3 Å². The molecule has 0 spiro atoms. The first-order valence-electron chi connectivity index (χ1n) is 5.44. The van der Waals surface area contributed by atoms with Gasteiger partial charge in [0, 0.05) is 5.56 Å². The molecular weight excluding hydrogens is 248 g/mol. The minimum Gasteiger partial charge on any atom is -0.507 e. The van der Waals surface area contributed by atoms with E-state index in [-0.39, 0.29) is 11.5 Å². The summed E-state index contributed by atoms with van der Waals surface area (Å²) in [7, 11) is 1.52. The molecule has 1 aromatic heterocycles. The quantitative estimate of drug-likeness (QED) is 0.648. The molecule has 0 bridgehead atoms. The lowest BCUT2D eigenvalue weighted by molar-refractivity contribution is 0.0927. The fourth-order valence-corrected chi connectivity index (χ4v) is 1.39. The molecular formula is C13H12N2O4. The Balaban J connectivity index is 2.05. The van der Waals surface area contributed by atoms with Crippen LogP contribution in [0.4, 0.5) is 0 Å². The minimum absolute atomic E-state index is 0.0387. The molecule has 0 unspecified atom stereocenters. The summed E-state index contributed by atoms with van der Waals surface area (Å²) in [5.74, 6) is 0.309. The highest BCUT2D eigenvalue weighted by Gasteiger charge is 2.06. The number of hydrogen-bond acceptors (Lipinski definition) is 5. The Kier molecular flexibility index (Phi) is 3.82. The van der Waals surface area contributed by atoms with Crippen LogP contribution in [0.15, 0.2) is 46.1 Å². The number of aromatic hydroxyl groups is 1. The second kappa shape index (κ2) is 5.72. The van der Waals surface area contributed by atoms with Crippen molar-refractivity contribution in [3.63, 3.8) is 0 Å². The number of amides is 1. The molecule has 2 rings (SSSR count). The number of benzene rings is 1. The summed E-state index contributed by atoms with van der Waals surface area (Å²) >= 11 is 0. The van der Waals surface area contributed by atoms with Crippen LogP contribution in [0.2, 0.25) is 0 Å². The molecule has 1 amide bonds. The Morgan fingerprint density at radius 3 is 3.00 bits per heavy atom. The number of phenolic OH excluding ortho intramolecular Hbond substituents is 1. The zero-order chi connectivity index (χ0) is 13.7. The van der Waals surface area contributed by atoms with Gasteiger partial charge in [0.25, 0.3) is 0 Å². The van der Waals surface area contributed by atoms with Gasteiger partial charge in [-0.3, -0.25) is 4.79 Å². The predicted octanol–water partition coefficient (Wildman–Crippen LogP) is 1.76. The minimum atomic E-state index is -0.469. The van der Waals surface area contributed by atoms with E-state index in [1.165, 1.54) is 31.7 Å². The fraction of sp³-hybridized carbons (Fsp3) is 0.0769. The van der Waals surface area contributed by atoms with Crippen molar-refractivity contribution >= 4 is 12.1 Å².